The van der Waals surface area contributed by atoms with Crippen molar-refractivity contribution in [3.63, 3.8) is 0 Å². The number of benzene rings is 2. The van der Waals surface area contributed by atoms with Gasteiger partial charge in [-0.1, -0.05) is 18.2 Å². The molecule has 1 aromatic heterocycles. The molecule has 1 amide bonds. The maximum atomic E-state index is 12.9. The fourth-order valence-electron chi connectivity index (χ4n) is 3.41. The quantitative estimate of drug-likeness (QED) is 0.571. The Labute approximate surface area is 173 Å². The van der Waals surface area contributed by atoms with Crippen LogP contribution in [0.3, 0.4) is 0 Å². The zero-order valence-corrected chi connectivity index (χ0v) is 17.2. The van der Waals surface area contributed by atoms with Crippen LogP contribution < -0.4 is 10.2 Å². The molecule has 0 aliphatic rings. The Balaban J connectivity index is 1.78. The minimum absolute atomic E-state index is 0.139. The Morgan fingerprint density at radius 3 is 2.47 bits per heavy atom. The van der Waals surface area contributed by atoms with Crippen LogP contribution in [0.25, 0.3) is 10.9 Å². The molecule has 0 radical (unpaired) electrons. The van der Waals surface area contributed by atoms with E-state index >= 15 is 0 Å². The van der Waals surface area contributed by atoms with Crippen molar-refractivity contribution in [2.75, 3.05) is 23.3 Å². The Hall–Kier alpha value is -3.09. The van der Waals surface area contributed by atoms with Crippen LogP contribution in [0.15, 0.2) is 48.5 Å². The number of carbonyl (C=O) groups is 1. The molecule has 0 saturated carbocycles. The number of hydrogen-bond donors (Lipinski definition) is 1. The van der Waals surface area contributed by atoms with Crippen LogP contribution in [-0.2, 0) is 17.4 Å². The van der Waals surface area contributed by atoms with Crippen molar-refractivity contribution >= 4 is 28.3 Å². The molecular weight excluding hydrogens is 391 g/mol. The Morgan fingerprint density at radius 1 is 1.07 bits per heavy atom. The number of anilines is 2. The predicted octanol–water partition coefficient (Wildman–Crippen LogP) is 5.59. The van der Waals surface area contributed by atoms with Crippen LogP contribution in [-0.4, -0.2) is 24.0 Å². The van der Waals surface area contributed by atoms with Crippen LogP contribution >= 0.6 is 0 Å². The predicted molar refractivity (Wildman–Crippen MR) is 114 cm³/mol. The topological polar surface area (TPSA) is 45.2 Å². The van der Waals surface area contributed by atoms with Crippen molar-refractivity contribution in [3.8, 4) is 0 Å². The highest BCUT2D eigenvalue weighted by molar-refractivity contribution is 5.95. The van der Waals surface area contributed by atoms with Crippen molar-refractivity contribution in [2.45, 2.75) is 33.4 Å². The molecule has 0 saturated heterocycles. The van der Waals surface area contributed by atoms with E-state index in [1.807, 2.05) is 25.1 Å². The van der Waals surface area contributed by atoms with Crippen molar-refractivity contribution in [1.82, 2.24) is 4.98 Å². The zero-order valence-electron chi connectivity index (χ0n) is 17.2. The Kier molecular flexibility index (Phi) is 6.29. The van der Waals surface area contributed by atoms with Crippen molar-refractivity contribution in [3.05, 3.63) is 65.2 Å². The smallest absolute Gasteiger partial charge is 0.357 e. The van der Waals surface area contributed by atoms with Crippen LogP contribution in [0.5, 0.6) is 0 Å². The summed E-state index contributed by atoms with van der Waals surface area (Å²) in [5, 5.41) is 3.69. The maximum absolute atomic E-state index is 12.9. The Morgan fingerprint density at radius 2 is 1.80 bits per heavy atom. The molecule has 30 heavy (non-hydrogen) atoms. The van der Waals surface area contributed by atoms with E-state index in [9.17, 15) is 18.0 Å². The second kappa shape index (κ2) is 8.73. The summed E-state index contributed by atoms with van der Waals surface area (Å²) < 4.78 is 38.6. The van der Waals surface area contributed by atoms with E-state index in [2.05, 4.69) is 24.1 Å². The van der Waals surface area contributed by atoms with Gasteiger partial charge in [-0.05, 0) is 62.2 Å². The molecule has 0 fully saturated rings. The number of carbonyl (C=O) groups excluding carboxylic acids is 1. The molecule has 0 aliphatic carbocycles. The van der Waals surface area contributed by atoms with Crippen molar-refractivity contribution < 1.29 is 18.0 Å². The first-order chi connectivity index (χ1) is 14.2. The van der Waals surface area contributed by atoms with Crippen LogP contribution in [0.4, 0.5) is 24.7 Å². The summed E-state index contributed by atoms with van der Waals surface area (Å²) in [6, 6.07) is 12.3. The molecule has 0 spiro atoms. The monoisotopic (exact) mass is 415 g/mol. The summed E-state index contributed by atoms with van der Waals surface area (Å²) in [5.74, 6) is 0.533. The summed E-state index contributed by atoms with van der Waals surface area (Å²) in [4.78, 5) is 19.2. The molecule has 1 N–H and O–H groups in total. The molecule has 0 aliphatic heterocycles. The molecule has 7 heteroatoms. The molecule has 0 unspecified atom stereocenters. The fraction of sp³-hybridized carbons (Fsp3) is 0.304. The lowest BCUT2D eigenvalue weighted by atomic mass is 10.1. The summed E-state index contributed by atoms with van der Waals surface area (Å²) in [5.41, 5.74) is 2.00. The standard InChI is InChI=1S/C23H24F3N3O/c1-4-29(5-2)21-11-15(3)19-14-18(9-10-20(19)28-21)27-22(30)13-16-7-6-8-17(12-16)23(24,25)26/h6-12,14H,4-5,13H2,1-3H3,(H,27,30). The lowest BCUT2D eigenvalue weighted by molar-refractivity contribution is -0.137. The largest absolute Gasteiger partial charge is 0.416 e. The molecule has 158 valence electrons. The minimum atomic E-state index is -4.43. The van der Waals surface area contributed by atoms with E-state index in [4.69, 9.17) is 4.98 Å². The van der Waals surface area contributed by atoms with Gasteiger partial charge in [-0.2, -0.15) is 13.2 Å². The van der Waals surface area contributed by atoms with Crippen LogP contribution in [0.2, 0.25) is 0 Å². The number of aromatic nitrogens is 1. The number of aryl methyl sites for hydroxylation is 1. The third-order valence-electron chi connectivity index (χ3n) is 4.99. The van der Waals surface area contributed by atoms with Crippen LogP contribution in [0.1, 0.15) is 30.5 Å². The number of nitrogens with zero attached hydrogens (tertiary/aromatic N) is 2. The third kappa shape index (κ3) is 4.90. The second-order valence-electron chi connectivity index (χ2n) is 7.12. The highest BCUT2D eigenvalue weighted by Crippen LogP contribution is 2.30. The van der Waals surface area contributed by atoms with E-state index in [1.165, 1.54) is 12.1 Å². The molecule has 3 aromatic rings. The normalized spacial score (nSPS) is 11.5. The average Bonchev–Trinajstić information content (AvgIpc) is 2.69. The molecule has 0 bridgehead atoms. The van der Waals surface area contributed by atoms with Gasteiger partial charge in [-0.3, -0.25) is 4.79 Å². The van der Waals surface area contributed by atoms with Gasteiger partial charge in [-0.15, -0.1) is 0 Å². The van der Waals surface area contributed by atoms with Gasteiger partial charge < -0.3 is 10.2 Å². The lowest BCUT2D eigenvalue weighted by Gasteiger charge is -2.21. The van der Waals surface area contributed by atoms with Gasteiger partial charge in [0.25, 0.3) is 0 Å². The van der Waals surface area contributed by atoms with E-state index in [0.29, 0.717) is 11.3 Å². The van der Waals surface area contributed by atoms with Gasteiger partial charge in [0, 0.05) is 24.2 Å². The first kappa shape index (κ1) is 21.6. The first-order valence-corrected chi connectivity index (χ1v) is 9.83. The second-order valence-corrected chi connectivity index (χ2v) is 7.12. The molecular formula is C23H24F3N3O. The SMILES string of the molecule is CCN(CC)c1cc(C)c2cc(NC(=O)Cc3cccc(C(F)(F)F)c3)ccc2n1. The van der Waals surface area contributed by atoms with Gasteiger partial charge in [0.05, 0.1) is 17.5 Å². The zero-order chi connectivity index (χ0) is 21.9. The Bertz CT molecular complexity index is 1060. The van der Waals surface area contributed by atoms with Crippen molar-refractivity contribution in [1.29, 1.82) is 0 Å². The van der Waals surface area contributed by atoms with Gasteiger partial charge in [0.1, 0.15) is 5.82 Å². The summed E-state index contributed by atoms with van der Waals surface area (Å²) in [6.07, 6.45) is -4.57. The number of alkyl halides is 3. The number of fused-ring (bicyclic) bond motifs is 1. The summed E-state index contributed by atoms with van der Waals surface area (Å²) >= 11 is 0. The number of hydrogen-bond acceptors (Lipinski definition) is 3. The summed E-state index contributed by atoms with van der Waals surface area (Å²) in [7, 11) is 0. The van der Waals surface area contributed by atoms with E-state index in [0.717, 1.165) is 47.5 Å². The van der Waals surface area contributed by atoms with Gasteiger partial charge in [0.2, 0.25) is 5.91 Å². The summed E-state index contributed by atoms with van der Waals surface area (Å²) in [6.45, 7) is 7.86. The lowest BCUT2D eigenvalue weighted by Crippen LogP contribution is -2.23. The fourth-order valence-corrected chi connectivity index (χ4v) is 3.41. The molecule has 4 nitrogen and oxygen atoms in total. The minimum Gasteiger partial charge on any atom is -0.357 e. The number of pyridine rings is 1. The van der Waals surface area contributed by atoms with Crippen molar-refractivity contribution in [2.24, 2.45) is 0 Å². The maximum Gasteiger partial charge on any atom is 0.416 e. The van der Waals surface area contributed by atoms with Gasteiger partial charge in [-0.25, -0.2) is 4.98 Å². The number of halogens is 3. The number of amides is 1. The number of rotatable bonds is 6. The number of nitrogens with one attached hydrogen (secondary N) is 1. The highest BCUT2D eigenvalue weighted by Gasteiger charge is 2.30. The molecule has 0 atom stereocenters. The molecule has 1 heterocycles. The van der Waals surface area contributed by atoms with Gasteiger partial charge >= 0.3 is 6.18 Å². The van der Waals surface area contributed by atoms with Crippen LogP contribution in [0, 0.1) is 6.92 Å². The molecule has 3 rings (SSSR count). The molecule has 2 aromatic carbocycles. The third-order valence-corrected chi connectivity index (χ3v) is 4.99. The van der Waals surface area contributed by atoms with E-state index in [1.54, 1.807) is 6.07 Å². The van der Waals surface area contributed by atoms with Gasteiger partial charge in [0.15, 0.2) is 0 Å². The average molecular weight is 415 g/mol. The first-order valence-electron chi connectivity index (χ1n) is 9.83. The van der Waals surface area contributed by atoms with E-state index in [-0.39, 0.29) is 12.3 Å². The highest BCUT2D eigenvalue weighted by atomic mass is 19.4. The van der Waals surface area contributed by atoms with E-state index < -0.39 is 11.7 Å².